The fraction of sp³-hybridized carbons (Fsp3) is 0.235. The van der Waals surface area contributed by atoms with Crippen LogP contribution >= 0.6 is 11.6 Å². The first-order chi connectivity index (χ1) is 10.3. The van der Waals surface area contributed by atoms with Gasteiger partial charge in [-0.3, -0.25) is 4.68 Å². The summed E-state index contributed by atoms with van der Waals surface area (Å²) in [7, 11) is 0. The van der Waals surface area contributed by atoms with Crippen LogP contribution in [0.2, 0.25) is 5.02 Å². The summed E-state index contributed by atoms with van der Waals surface area (Å²) in [5.74, 6) is 0.865. The van der Waals surface area contributed by atoms with E-state index in [1.54, 1.807) is 0 Å². The molecule has 1 heterocycles. The molecule has 21 heavy (non-hydrogen) atoms. The summed E-state index contributed by atoms with van der Waals surface area (Å²) in [5, 5.41) is 6.34. The van der Waals surface area contributed by atoms with E-state index in [1.807, 2.05) is 42.6 Å². The van der Waals surface area contributed by atoms with Crippen LogP contribution in [-0.4, -0.2) is 16.4 Å². The topological polar surface area (TPSA) is 27.1 Å². The lowest BCUT2D eigenvalue weighted by Crippen LogP contribution is -2.03. The molecule has 3 nitrogen and oxygen atoms in total. The molecule has 0 saturated carbocycles. The lowest BCUT2D eigenvalue weighted by Gasteiger charge is -2.07. The lowest BCUT2D eigenvalue weighted by molar-refractivity contribution is 0.302. The Kier molecular flexibility index (Phi) is 4.41. The zero-order chi connectivity index (χ0) is 14.5. The van der Waals surface area contributed by atoms with Crippen LogP contribution in [0.5, 0.6) is 5.75 Å². The molecule has 0 amide bonds. The van der Waals surface area contributed by atoms with Gasteiger partial charge in [0.1, 0.15) is 5.75 Å². The van der Waals surface area contributed by atoms with E-state index in [-0.39, 0.29) is 0 Å². The molecule has 3 aromatic rings. The van der Waals surface area contributed by atoms with E-state index in [0.717, 1.165) is 30.2 Å². The van der Waals surface area contributed by atoms with Crippen LogP contribution in [0, 0.1) is 0 Å². The summed E-state index contributed by atoms with van der Waals surface area (Å²) in [6.45, 7) is 1.62. The number of hydrogen-bond donors (Lipinski definition) is 0. The third-order valence-corrected chi connectivity index (χ3v) is 3.65. The molecule has 2 aromatic carbocycles. The molecule has 0 N–H and O–H groups in total. The number of ether oxygens (including phenoxy) is 1. The van der Waals surface area contributed by atoms with Gasteiger partial charge < -0.3 is 4.74 Å². The number of fused-ring (bicyclic) bond motifs is 1. The second kappa shape index (κ2) is 6.64. The number of rotatable bonds is 6. The number of aromatic nitrogens is 2. The fourth-order valence-electron chi connectivity index (χ4n) is 2.29. The van der Waals surface area contributed by atoms with Crippen molar-refractivity contribution in [3.05, 3.63) is 59.8 Å². The monoisotopic (exact) mass is 300 g/mol. The normalized spacial score (nSPS) is 10.9. The predicted molar refractivity (Wildman–Crippen MR) is 85.9 cm³/mol. The van der Waals surface area contributed by atoms with Crippen molar-refractivity contribution in [2.45, 2.75) is 19.4 Å². The summed E-state index contributed by atoms with van der Waals surface area (Å²) >= 11 is 5.83. The average Bonchev–Trinajstić information content (AvgIpc) is 2.92. The Bertz CT molecular complexity index is 706. The van der Waals surface area contributed by atoms with Crippen molar-refractivity contribution in [2.24, 2.45) is 0 Å². The Morgan fingerprint density at radius 1 is 1.00 bits per heavy atom. The first kappa shape index (κ1) is 14.0. The highest BCUT2D eigenvalue weighted by molar-refractivity contribution is 6.30. The van der Waals surface area contributed by atoms with E-state index >= 15 is 0 Å². The quantitative estimate of drug-likeness (QED) is 0.625. The summed E-state index contributed by atoms with van der Waals surface area (Å²) < 4.78 is 7.73. The minimum atomic E-state index is 0.709. The molecule has 0 spiro atoms. The molecule has 0 aliphatic rings. The smallest absolute Gasteiger partial charge is 0.119 e. The standard InChI is InChI=1S/C17H17ClN2O/c18-15-7-9-16(10-8-15)21-12-4-3-11-20-17-6-2-1-5-14(17)13-19-20/h1-2,5-10,13H,3-4,11-12H2. The third kappa shape index (κ3) is 3.56. The van der Waals surface area contributed by atoms with Crippen LogP contribution in [0.1, 0.15) is 12.8 Å². The highest BCUT2D eigenvalue weighted by Crippen LogP contribution is 2.16. The van der Waals surface area contributed by atoms with Crippen molar-refractivity contribution in [1.29, 1.82) is 0 Å². The number of aryl methyl sites for hydroxylation is 1. The van der Waals surface area contributed by atoms with Gasteiger partial charge in [-0.05, 0) is 43.2 Å². The minimum Gasteiger partial charge on any atom is -0.494 e. The first-order valence-electron chi connectivity index (χ1n) is 7.12. The molecule has 0 fully saturated rings. The molecule has 0 aliphatic heterocycles. The highest BCUT2D eigenvalue weighted by Gasteiger charge is 2.01. The van der Waals surface area contributed by atoms with Gasteiger partial charge in [-0.15, -0.1) is 0 Å². The van der Waals surface area contributed by atoms with E-state index in [4.69, 9.17) is 16.3 Å². The van der Waals surface area contributed by atoms with E-state index in [9.17, 15) is 0 Å². The highest BCUT2D eigenvalue weighted by atomic mass is 35.5. The maximum atomic E-state index is 5.83. The molecule has 108 valence electrons. The zero-order valence-corrected chi connectivity index (χ0v) is 12.5. The second-order valence-corrected chi connectivity index (χ2v) is 5.37. The third-order valence-electron chi connectivity index (χ3n) is 3.40. The summed E-state index contributed by atoms with van der Waals surface area (Å²) in [4.78, 5) is 0. The van der Waals surface area contributed by atoms with Crippen molar-refractivity contribution in [3.8, 4) is 5.75 Å². The summed E-state index contributed by atoms with van der Waals surface area (Å²) in [6.07, 6.45) is 3.95. The van der Waals surface area contributed by atoms with Crippen molar-refractivity contribution >= 4 is 22.5 Å². The van der Waals surface area contributed by atoms with Crippen molar-refractivity contribution in [1.82, 2.24) is 9.78 Å². The Balaban J connectivity index is 1.45. The molecule has 0 bridgehead atoms. The summed E-state index contributed by atoms with van der Waals surface area (Å²) in [5.41, 5.74) is 1.19. The van der Waals surface area contributed by atoms with E-state index in [0.29, 0.717) is 6.61 Å². The Hall–Kier alpha value is -2.00. The minimum absolute atomic E-state index is 0.709. The van der Waals surface area contributed by atoms with Crippen molar-refractivity contribution in [3.63, 3.8) is 0 Å². The van der Waals surface area contributed by atoms with Gasteiger partial charge in [0.15, 0.2) is 0 Å². The largest absolute Gasteiger partial charge is 0.494 e. The average molecular weight is 301 g/mol. The fourth-order valence-corrected chi connectivity index (χ4v) is 2.41. The first-order valence-corrected chi connectivity index (χ1v) is 7.50. The number of nitrogens with zero attached hydrogens (tertiary/aromatic N) is 2. The maximum absolute atomic E-state index is 5.83. The number of unbranched alkanes of at least 4 members (excludes halogenated alkanes) is 1. The molecule has 3 rings (SSSR count). The van der Waals surface area contributed by atoms with Crippen LogP contribution in [0.4, 0.5) is 0 Å². The number of halogens is 1. The lowest BCUT2D eigenvalue weighted by atomic mass is 10.2. The SMILES string of the molecule is Clc1ccc(OCCCCn2ncc3ccccc32)cc1. The zero-order valence-electron chi connectivity index (χ0n) is 11.7. The van der Waals surface area contributed by atoms with Gasteiger partial charge in [-0.25, -0.2) is 0 Å². The van der Waals surface area contributed by atoms with Gasteiger partial charge in [0.05, 0.1) is 18.3 Å². The van der Waals surface area contributed by atoms with Crippen LogP contribution in [0.3, 0.4) is 0 Å². The van der Waals surface area contributed by atoms with Crippen molar-refractivity contribution in [2.75, 3.05) is 6.61 Å². The van der Waals surface area contributed by atoms with Gasteiger partial charge in [0.2, 0.25) is 0 Å². The van der Waals surface area contributed by atoms with Gasteiger partial charge in [-0.1, -0.05) is 29.8 Å². The van der Waals surface area contributed by atoms with E-state index in [2.05, 4.69) is 21.9 Å². The molecule has 0 unspecified atom stereocenters. The molecule has 1 aromatic heterocycles. The second-order valence-electron chi connectivity index (χ2n) is 4.94. The molecule has 0 atom stereocenters. The molecular formula is C17H17ClN2O. The Morgan fingerprint density at radius 2 is 1.81 bits per heavy atom. The van der Waals surface area contributed by atoms with Crippen LogP contribution < -0.4 is 4.74 Å². The maximum Gasteiger partial charge on any atom is 0.119 e. The number of benzene rings is 2. The van der Waals surface area contributed by atoms with Crippen LogP contribution in [0.25, 0.3) is 10.9 Å². The van der Waals surface area contributed by atoms with Gasteiger partial charge >= 0.3 is 0 Å². The van der Waals surface area contributed by atoms with Crippen LogP contribution in [0.15, 0.2) is 54.7 Å². The molecule has 0 saturated heterocycles. The Labute approximate surface area is 129 Å². The van der Waals surface area contributed by atoms with Crippen molar-refractivity contribution < 1.29 is 4.74 Å². The van der Waals surface area contributed by atoms with Gasteiger partial charge in [0.25, 0.3) is 0 Å². The molecule has 0 aliphatic carbocycles. The molecular weight excluding hydrogens is 284 g/mol. The van der Waals surface area contributed by atoms with E-state index in [1.165, 1.54) is 10.9 Å². The van der Waals surface area contributed by atoms with Gasteiger partial charge in [-0.2, -0.15) is 5.10 Å². The van der Waals surface area contributed by atoms with Gasteiger partial charge in [0, 0.05) is 17.0 Å². The van der Waals surface area contributed by atoms with Crippen LogP contribution in [-0.2, 0) is 6.54 Å². The number of para-hydroxylation sites is 1. The molecule has 4 heteroatoms. The molecule has 0 radical (unpaired) electrons. The summed E-state index contributed by atoms with van der Waals surface area (Å²) in [6, 6.07) is 15.7. The Morgan fingerprint density at radius 3 is 2.67 bits per heavy atom. The van der Waals surface area contributed by atoms with E-state index < -0.39 is 0 Å². The number of hydrogen-bond acceptors (Lipinski definition) is 2. The predicted octanol–water partition coefficient (Wildman–Crippen LogP) is 4.55.